The summed E-state index contributed by atoms with van der Waals surface area (Å²) in [6.07, 6.45) is 0. The average molecular weight is 445 g/mol. The number of hydrogen-bond donors (Lipinski definition) is 0. The molecule has 0 fully saturated rings. The van der Waals surface area contributed by atoms with Gasteiger partial charge in [0, 0.05) is 10.6 Å². The fourth-order valence-corrected chi connectivity index (χ4v) is 3.25. The molecule has 4 aromatic carbocycles. The van der Waals surface area contributed by atoms with Gasteiger partial charge in [-0.25, -0.2) is 9.59 Å². The zero-order valence-corrected chi connectivity index (χ0v) is 17.5. The van der Waals surface area contributed by atoms with E-state index in [1.165, 1.54) is 12.1 Å². The third-order valence-corrected chi connectivity index (χ3v) is 5.03. The number of rotatable bonds is 6. The minimum atomic E-state index is -0.765. The lowest BCUT2D eigenvalue weighted by atomic mass is 10.1. The van der Waals surface area contributed by atoms with Crippen LogP contribution in [0, 0.1) is 0 Å². The highest BCUT2D eigenvalue weighted by Gasteiger charge is 2.20. The van der Waals surface area contributed by atoms with E-state index in [-0.39, 0.29) is 22.7 Å². The van der Waals surface area contributed by atoms with Crippen LogP contribution in [-0.4, -0.2) is 24.3 Å². The molecule has 0 spiro atoms. The molecule has 0 atom stereocenters. The number of carbonyl (C=O) groups excluding carboxylic acids is 3. The monoisotopic (exact) mass is 444 g/mol. The Morgan fingerprint density at radius 1 is 0.688 bits per heavy atom. The number of halogens is 1. The standard InChI is InChI=1S/C26H17ClO5/c27-21-12-10-18(11-13-21)25(29)32-24-15-20-9-5-4-8-19(20)14-22(24)26(30)31-16-23(28)17-6-2-1-3-7-17/h1-15H,16H2. The molecule has 0 heterocycles. The Morgan fingerprint density at radius 2 is 1.31 bits per heavy atom. The minimum absolute atomic E-state index is 0.0424. The van der Waals surface area contributed by atoms with Gasteiger partial charge in [-0.1, -0.05) is 66.2 Å². The quantitative estimate of drug-likeness (QED) is 0.215. The largest absolute Gasteiger partial charge is 0.454 e. The summed E-state index contributed by atoms with van der Waals surface area (Å²) >= 11 is 5.87. The number of Topliss-reactive ketones (excluding diaryl/α,β-unsaturated/α-hetero) is 1. The van der Waals surface area contributed by atoms with E-state index in [0.29, 0.717) is 10.6 Å². The summed E-state index contributed by atoms with van der Waals surface area (Å²) in [4.78, 5) is 37.7. The highest BCUT2D eigenvalue weighted by Crippen LogP contribution is 2.28. The predicted molar refractivity (Wildman–Crippen MR) is 121 cm³/mol. The summed E-state index contributed by atoms with van der Waals surface area (Å²) in [6, 6.07) is 25.2. The third kappa shape index (κ3) is 4.85. The Balaban J connectivity index is 1.60. The van der Waals surface area contributed by atoms with E-state index in [0.717, 1.165) is 10.8 Å². The molecule has 4 rings (SSSR count). The zero-order chi connectivity index (χ0) is 22.5. The number of fused-ring (bicyclic) bond motifs is 1. The highest BCUT2D eigenvalue weighted by molar-refractivity contribution is 6.30. The van der Waals surface area contributed by atoms with Crippen LogP contribution >= 0.6 is 11.6 Å². The van der Waals surface area contributed by atoms with Crippen LogP contribution in [0.5, 0.6) is 5.75 Å². The summed E-state index contributed by atoms with van der Waals surface area (Å²) in [5.41, 5.74) is 0.765. The van der Waals surface area contributed by atoms with E-state index in [1.54, 1.807) is 54.6 Å². The molecule has 0 saturated carbocycles. The molecule has 158 valence electrons. The molecule has 0 amide bonds. The van der Waals surface area contributed by atoms with Gasteiger partial charge in [-0.15, -0.1) is 0 Å². The van der Waals surface area contributed by atoms with Crippen molar-refractivity contribution < 1.29 is 23.9 Å². The molecule has 0 radical (unpaired) electrons. The Labute approximate surface area is 189 Å². The molecule has 0 bridgehead atoms. The van der Waals surface area contributed by atoms with Gasteiger partial charge in [0.05, 0.1) is 5.56 Å². The Hall–Kier alpha value is -3.96. The van der Waals surface area contributed by atoms with Gasteiger partial charge in [0.2, 0.25) is 0 Å². The molecule has 5 nitrogen and oxygen atoms in total. The van der Waals surface area contributed by atoms with E-state index in [2.05, 4.69) is 0 Å². The van der Waals surface area contributed by atoms with Crippen LogP contribution in [0.15, 0.2) is 91.0 Å². The fraction of sp³-hybridized carbons (Fsp3) is 0.0385. The first kappa shape index (κ1) is 21.3. The summed E-state index contributed by atoms with van der Waals surface area (Å²) in [5, 5.41) is 2.03. The molecule has 0 N–H and O–H groups in total. The Morgan fingerprint density at radius 3 is 2.00 bits per heavy atom. The van der Waals surface area contributed by atoms with Gasteiger partial charge >= 0.3 is 11.9 Å². The average Bonchev–Trinajstić information content (AvgIpc) is 2.82. The molecule has 0 unspecified atom stereocenters. The van der Waals surface area contributed by atoms with E-state index >= 15 is 0 Å². The first-order valence-corrected chi connectivity index (χ1v) is 10.1. The van der Waals surface area contributed by atoms with Gasteiger partial charge < -0.3 is 9.47 Å². The fourth-order valence-electron chi connectivity index (χ4n) is 3.12. The van der Waals surface area contributed by atoms with Crippen LogP contribution in [0.25, 0.3) is 10.8 Å². The molecule has 0 saturated heterocycles. The second-order valence-corrected chi connectivity index (χ2v) is 7.39. The third-order valence-electron chi connectivity index (χ3n) is 4.78. The Kier molecular flexibility index (Phi) is 6.29. The van der Waals surface area contributed by atoms with E-state index in [1.807, 2.05) is 24.3 Å². The number of ether oxygens (including phenoxy) is 2. The van der Waals surface area contributed by atoms with Crippen molar-refractivity contribution >= 4 is 40.1 Å². The summed E-state index contributed by atoms with van der Waals surface area (Å²) < 4.78 is 10.8. The van der Waals surface area contributed by atoms with Gasteiger partial charge in [-0.05, 0) is 47.2 Å². The van der Waals surface area contributed by atoms with Crippen molar-refractivity contribution in [3.63, 3.8) is 0 Å². The minimum Gasteiger partial charge on any atom is -0.454 e. The molecule has 4 aromatic rings. The molecular formula is C26H17ClO5. The second kappa shape index (κ2) is 9.45. The van der Waals surface area contributed by atoms with Crippen molar-refractivity contribution in [1.29, 1.82) is 0 Å². The number of hydrogen-bond acceptors (Lipinski definition) is 5. The van der Waals surface area contributed by atoms with Crippen molar-refractivity contribution in [3.05, 3.63) is 113 Å². The SMILES string of the molecule is O=C(COC(=O)c1cc2ccccc2cc1OC(=O)c1ccc(Cl)cc1)c1ccccc1. The maximum absolute atomic E-state index is 12.8. The first-order chi connectivity index (χ1) is 15.5. The molecule has 0 aromatic heterocycles. The smallest absolute Gasteiger partial charge is 0.343 e. The number of benzene rings is 4. The van der Waals surface area contributed by atoms with Gasteiger partial charge in [0.1, 0.15) is 11.3 Å². The summed E-state index contributed by atoms with van der Waals surface area (Å²) in [6.45, 7) is -0.430. The maximum Gasteiger partial charge on any atom is 0.343 e. The predicted octanol–water partition coefficient (Wildman–Crippen LogP) is 5.75. The zero-order valence-electron chi connectivity index (χ0n) is 16.8. The Bertz CT molecular complexity index is 1300. The highest BCUT2D eigenvalue weighted by atomic mass is 35.5. The molecule has 32 heavy (non-hydrogen) atoms. The summed E-state index contributed by atoms with van der Waals surface area (Å²) in [7, 11) is 0. The molecule has 0 aliphatic heterocycles. The lowest BCUT2D eigenvalue weighted by Crippen LogP contribution is -2.16. The van der Waals surface area contributed by atoms with Crippen LogP contribution in [-0.2, 0) is 4.74 Å². The molecule has 6 heteroatoms. The van der Waals surface area contributed by atoms with Gasteiger partial charge in [0.25, 0.3) is 0 Å². The molecular weight excluding hydrogens is 428 g/mol. The van der Waals surface area contributed by atoms with Gasteiger partial charge in [-0.3, -0.25) is 4.79 Å². The lowest BCUT2D eigenvalue weighted by molar-refractivity contribution is 0.0470. The van der Waals surface area contributed by atoms with Crippen LogP contribution in [0.1, 0.15) is 31.1 Å². The van der Waals surface area contributed by atoms with E-state index in [9.17, 15) is 14.4 Å². The first-order valence-electron chi connectivity index (χ1n) is 9.77. The van der Waals surface area contributed by atoms with Gasteiger partial charge in [-0.2, -0.15) is 0 Å². The number of carbonyl (C=O) groups is 3. The van der Waals surface area contributed by atoms with Crippen molar-refractivity contribution in [3.8, 4) is 5.75 Å². The number of ketones is 1. The van der Waals surface area contributed by atoms with Crippen LogP contribution in [0.2, 0.25) is 5.02 Å². The van der Waals surface area contributed by atoms with Crippen molar-refractivity contribution in [2.75, 3.05) is 6.61 Å². The van der Waals surface area contributed by atoms with E-state index in [4.69, 9.17) is 21.1 Å². The van der Waals surface area contributed by atoms with Crippen molar-refractivity contribution in [2.24, 2.45) is 0 Å². The molecule has 0 aliphatic carbocycles. The van der Waals surface area contributed by atoms with Gasteiger partial charge in [0.15, 0.2) is 12.4 Å². The topological polar surface area (TPSA) is 69.7 Å². The van der Waals surface area contributed by atoms with E-state index < -0.39 is 18.5 Å². The summed E-state index contributed by atoms with van der Waals surface area (Å²) in [5.74, 6) is -1.70. The lowest BCUT2D eigenvalue weighted by Gasteiger charge is -2.12. The van der Waals surface area contributed by atoms with Crippen molar-refractivity contribution in [2.45, 2.75) is 0 Å². The van der Waals surface area contributed by atoms with Crippen LogP contribution in [0.4, 0.5) is 0 Å². The number of esters is 2. The normalized spacial score (nSPS) is 10.5. The molecule has 0 aliphatic rings. The van der Waals surface area contributed by atoms with Crippen molar-refractivity contribution in [1.82, 2.24) is 0 Å². The maximum atomic E-state index is 12.8. The van der Waals surface area contributed by atoms with Crippen LogP contribution in [0.3, 0.4) is 0 Å². The van der Waals surface area contributed by atoms with Crippen LogP contribution < -0.4 is 4.74 Å². The second-order valence-electron chi connectivity index (χ2n) is 6.96.